The molecule has 5 nitrogen and oxygen atoms in total. The standard InChI is InChI=1S/C24H27Cl3N2O3/c1-16(24(31)28-20-8-3-2-4-9-20)29(14-17-6-5-7-18(25)12-17)23(30)15-32-22-11-10-19(26)13-21(22)27/h5-7,10-13,16,20H,2-4,8-9,14-15H2,1H3,(H,28,31). The molecule has 1 atom stereocenters. The molecule has 2 aromatic rings. The van der Waals surface area contributed by atoms with E-state index in [1.807, 2.05) is 12.1 Å². The summed E-state index contributed by atoms with van der Waals surface area (Å²) in [5.74, 6) is -0.148. The smallest absolute Gasteiger partial charge is 0.261 e. The Kier molecular flexibility index (Phi) is 9.09. The molecule has 32 heavy (non-hydrogen) atoms. The third-order valence-corrected chi connectivity index (χ3v) is 6.37. The summed E-state index contributed by atoms with van der Waals surface area (Å²) in [5, 5.41) is 4.46. The molecule has 2 aromatic carbocycles. The van der Waals surface area contributed by atoms with Gasteiger partial charge in [0.25, 0.3) is 5.91 Å². The average Bonchev–Trinajstić information content (AvgIpc) is 2.77. The maximum atomic E-state index is 13.1. The highest BCUT2D eigenvalue weighted by Gasteiger charge is 2.28. The predicted octanol–water partition coefficient (Wildman–Crippen LogP) is 5.89. The summed E-state index contributed by atoms with van der Waals surface area (Å²) in [7, 11) is 0. The van der Waals surface area contributed by atoms with E-state index in [4.69, 9.17) is 39.5 Å². The van der Waals surface area contributed by atoms with Gasteiger partial charge in [0.2, 0.25) is 5.91 Å². The zero-order valence-electron chi connectivity index (χ0n) is 18.0. The third-order valence-electron chi connectivity index (χ3n) is 5.61. The van der Waals surface area contributed by atoms with Gasteiger partial charge in [0.05, 0.1) is 5.02 Å². The number of nitrogens with one attached hydrogen (secondary N) is 1. The van der Waals surface area contributed by atoms with Gasteiger partial charge in [-0.2, -0.15) is 0 Å². The van der Waals surface area contributed by atoms with E-state index in [0.717, 1.165) is 31.2 Å². The number of hydrogen-bond acceptors (Lipinski definition) is 3. The fourth-order valence-electron chi connectivity index (χ4n) is 3.80. The number of carbonyl (C=O) groups excluding carboxylic acids is 2. The number of hydrogen-bond donors (Lipinski definition) is 1. The summed E-state index contributed by atoms with van der Waals surface area (Å²) in [4.78, 5) is 27.6. The Balaban J connectivity index is 1.72. The van der Waals surface area contributed by atoms with Crippen molar-refractivity contribution >= 4 is 46.6 Å². The number of nitrogens with zero attached hydrogens (tertiary/aromatic N) is 1. The van der Waals surface area contributed by atoms with Crippen LogP contribution in [-0.2, 0) is 16.1 Å². The first-order valence-corrected chi connectivity index (χ1v) is 11.9. The predicted molar refractivity (Wildman–Crippen MR) is 128 cm³/mol. The van der Waals surface area contributed by atoms with Crippen LogP contribution in [0.3, 0.4) is 0 Å². The molecule has 0 aliphatic heterocycles. The van der Waals surface area contributed by atoms with Crippen LogP contribution in [0.25, 0.3) is 0 Å². The molecule has 172 valence electrons. The highest BCUT2D eigenvalue weighted by Crippen LogP contribution is 2.27. The van der Waals surface area contributed by atoms with Crippen molar-refractivity contribution in [2.75, 3.05) is 6.61 Å². The topological polar surface area (TPSA) is 58.6 Å². The van der Waals surface area contributed by atoms with Gasteiger partial charge in [-0.1, -0.05) is 66.2 Å². The first kappa shape index (κ1) is 24.7. The van der Waals surface area contributed by atoms with Crippen LogP contribution >= 0.6 is 34.8 Å². The first-order chi connectivity index (χ1) is 15.3. The molecule has 1 aliphatic rings. The van der Waals surface area contributed by atoms with E-state index in [9.17, 15) is 9.59 Å². The Hall–Kier alpha value is -1.95. The first-order valence-electron chi connectivity index (χ1n) is 10.8. The fourth-order valence-corrected chi connectivity index (χ4v) is 4.47. The summed E-state index contributed by atoms with van der Waals surface area (Å²) in [6.45, 7) is 1.70. The molecule has 1 saturated carbocycles. The molecule has 0 bridgehead atoms. The lowest BCUT2D eigenvalue weighted by Gasteiger charge is -2.31. The van der Waals surface area contributed by atoms with E-state index in [1.165, 1.54) is 11.3 Å². The van der Waals surface area contributed by atoms with Crippen LogP contribution in [0.15, 0.2) is 42.5 Å². The number of carbonyl (C=O) groups is 2. The highest BCUT2D eigenvalue weighted by atomic mass is 35.5. The summed E-state index contributed by atoms with van der Waals surface area (Å²) in [5.41, 5.74) is 0.827. The summed E-state index contributed by atoms with van der Waals surface area (Å²) in [6.07, 6.45) is 5.37. The normalized spacial score (nSPS) is 15.1. The molecule has 0 aromatic heterocycles. The second kappa shape index (κ2) is 11.8. The molecule has 8 heteroatoms. The molecule has 0 spiro atoms. The Morgan fingerprint density at radius 2 is 1.78 bits per heavy atom. The van der Waals surface area contributed by atoms with Gasteiger partial charge in [0, 0.05) is 22.6 Å². The minimum Gasteiger partial charge on any atom is -0.482 e. The molecular weight excluding hydrogens is 471 g/mol. The molecule has 1 aliphatic carbocycles. The Bertz CT molecular complexity index is 948. The zero-order valence-corrected chi connectivity index (χ0v) is 20.2. The van der Waals surface area contributed by atoms with Crippen molar-refractivity contribution in [2.24, 2.45) is 0 Å². The van der Waals surface area contributed by atoms with Gasteiger partial charge in [-0.15, -0.1) is 0 Å². The maximum Gasteiger partial charge on any atom is 0.261 e. The van der Waals surface area contributed by atoms with E-state index in [-0.39, 0.29) is 31.0 Å². The quantitative estimate of drug-likeness (QED) is 0.494. The Morgan fingerprint density at radius 3 is 2.47 bits per heavy atom. The van der Waals surface area contributed by atoms with E-state index in [1.54, 1.807) is 37.3 Å². The number of rotatable bonds is 8. The molecule has 2 amide bonds. The molecule has 3 rings (SSSR count). The monoisotopic (exact) mass is 496 g/mol. The summed E-state index contributed by atoms with van der Waals surface area (Å²) in [6, 6.07) is 11.5. The number of halogens is 3. The Morgan fingerprint density at radius 1 is 1.06 bits per heavy atom. The SMILES string of the molecule is CC(C(=O)NC1CCCCC1)N(Cc1cccc(Cl)c1)C(=O)COc1ccc(Cl)cc1Cl. The zero-order chi connectivity index (χ0) is 23.1. The van der Waals surface area contributed by atoms with Gasteiger partial charge in [-0.3, -0.25) is 9.59 Å². The largest absolute Gasteiger partial charge is 0.482 e. The molecule has 1 fully saturated rings. The van der Waals surface area contributed by atoms with Crippen molar-refractivity contribution in [2.45, 2.75) is 57.7 Å². The lowest BCUT2D eigenvalue weighted by Crippen LogP contribution is -2.51. The van der Waals surface area contributed by atoms with E-state index < -0.39 is 6.04 Å². The van der Waals surface area contributed by atoms with E-state index >= 15 is 0 Å². The number of ether oxygens (including phenoxy) is 1. The van der Waals surface area contributed by atoms with Crippen LogP contribution in [0.1, 0.15) is 44.6 Å². The van der Waals surface area contributed by atoms with Gasteiger partial charge in [-0.25, -0.2) is 0 Å². The van der Waals surface area contributed by atoms with Gasteiger partial charge >= 0.3 is 0 Å². The maximum absolute atomic E-state index is 13.1. The second-order valence-corrected chi connectivity index (χ2v) is 9.31. The molecular formula is C24H27Cl3N2O3. The van der Waals surface area contributed by atoms with Crippen LogP contribution < -0.4 is 10.1 Å². The van der Waals surface area contributed by atoms with Crippen molar-refractivity contribution in [3.05, 3.63) is 63.1 Å². The minimum atomic E-state index is -0.673. The second-order valence-electron chi connectivity index (χ2n) is 8.03. The number of benzene rings is 2. The van der Waals surface area contributed by atoms with Crippen LogP contribution in [0.4, 0.5) is 0 Å². The van der Waals surface area contributed by atoms with Crippen LogP contribution in [0.5, 0.6) is 5.75 Å². The van der Waals surface area contributed by atoms with Crippen molar-refractivity contribution in [1.29, 1.82) is 0 Å². The van der Waals surface area contributed by atoms with E-state index in [2.05, 4.69) is 5.32 Å². The van der Waals surface area contributed by atoms with Crippen molar-refractivity contribution in [3.63, 3.8) is 0 Å². The van der Waals surface area contributed by atoms with Gasteiger partial charge in [0.1, 0.15) is 11.8 Å². The molecule has 0 radical (unpaired) electrons. The molecule has 1 unspecified atom stereocenters. The molecule has 0 heterocycles. The van der Waals surface area contributed by atoms with Gasteiger partial charge in [0.15, 0.2) is 6.61 Å². The van der Waals surface area contributed by atoms with Gasteiger partial charge in [-0.05, 0) is 55.7 Å². The lowest BCUT2D eigenvalue weighted by atomic mass is 9.95. The third kappa shape index (κ3) is 7.03. The minimum absolute atomic E-state index is 0.158. The number of amides is 2. The average molecular weight is 498 g/mol. The highest BCUT2D eigenvalue weighted by molar-refractivity contribution is 6.35. The van der Waals surface area contributed by atoms with Crippen LogP contribution in [-0.4, -0.2) is 35.4 Å². The van der Waals surface area contributed by atoms with Crippen LogP contribution in [0, 0.1) is 0 Å². The molecule has 1 N–H and O–H groups in total. The Labute approximate surface area is 204 Å². The van der Waals surface area contributed by atoms with Crippen LogP contribution in [0.2, 0.25) is 15.1 Å². The fraction of sp³-hybridized carbons (Fsp3) is 0.417. The van der Waals surface area contributed by atoms with Gasteiger partial charge < -0.3 is 15.0 Å². The molecule has 0 saturated heterocycles. The summed E-state index contributed by atoms with van der Waals surface area (Å²) < 4.78 is 5.64. The van der Waals surface area contributed by atoms with Crippen molar-refractivity contribution < 1.29 is 14.3 Å². The summed E-state index contributed by atoms with van der Waals surface area (Å²) >= 11 is 18.2. The van der Waals surface area contributed by atoms with Crippen molar-refractivity contribution in [3.8, 4) is 5.75 Å². The lowest BCUT2D eigenvalue weighted by molar-refractivity contribution is -0.142. The van der Waals surface area contributed by atoms with E-state index in [0.29, 0.717) is 20.8 Å². The van der Waals surface area contributed by atoms with Crippen molar-refractivity contribution in [1.82, 2.24) is 10.2 Å².